The van der Waals surface area contributed by atoms with E-state index >= 15 is 0 Å². The van der Waals surface area contributed by atoms with Gasteiger partial charge in [0.05, 0.1) is 5.52 Å². The van der Waals surface area contributed by atoms with Crippen LogP contribution in [0.1, 0.15) is 15.9 Å². The maximum Gasteiger partial charge on any atom is 0.341 e. The number of rotatable bonds is 1. The van der Waals surface area contributed by atoms with Crippen molar-refractivity contribution < 1.29 is 9.90 Å². The van der Waals surface area contributed by atoms with Crippen LogP contribution in [-0.4, -0.2) is 15.6 Å². The Morgan fingerprint density at radius 2 is 1.94 bits per heavy atom. The number of carboxylic acid groups (broad SMARTS) is 1. The molecule has 4 nitrogen and oxygen atoms in total. The van der Waals surface area contributed by atoms with Gasteiger partial charge in [0, 0.05) is 12.4 Å². The molecule has 0 saturated heterocycles. The summed E-state index contributed by atoms with van der Waals surface area (Å²) in [6.07, 6.45) is 0. The smallest absolute Gasteiger partial charge is 0.341 e. The monoisotopic (exact) mass is 217 g/mol. The minimum absolute atomic E-state index is 0.152. The number of carbonyl (C=O) groups is 1. The third-order valence-electron chi connectivity index (χ3n) is 2.78. The second-order valence-electron chi connectivity index (χ2n) is 3.69. The lowest BCUT2D eigenvalue weighted by Gasteiger charge is -2.09. The Morgan fingerprint density at radius 3 is 2.56 bits per heavy atom. The van der Waals surface area contributed by atoms with Crippen LogP contribution in [0.15, 0.2) is 29.1 Å². The molecule has 2 rings (SSSR count). The molecule has 0 atom stereocenters. The summed E-state index contributed by atoms with van der Waals surface area (Å²) in [6, 6.07) is 7.26. The molecule has 1 aromatic carbocycles. The van der Waals surface area contributed by atoms with Crippen molar-refractivity contribution in [2.75, 3.05) is 0 Å². The van der Waals surface area contributed by atoms with Gasteiger partial charge in [0.15, 0.2) is 0 Å². The van der Waals surface area contributed by atoms with Crippen molar-refractivity contribution in [3.05, 3.63) is 45.7 Å². The molecule has 0 spiro atoms. The lowest BCUT2D eigenvalue weighted by Crippen LogP contribution is -2.26. The van der Waals surface area contributed by atoms with Crippen molar-refractivity contribution >= 4 is 16.9 Å². The fourth-order valence-electron chi connectivity index (χ4n) is 1.91. The Balaban J connectivity index is 3.07. The Bertz CT molecular complexity index is 640. The zero-order valence-corrected chi connectivity index (χ0v) is 9.02. The van der Waals surface area contributed by atoms with Crippen LogP contribution in [0.4, 0.5) is 0 Å². The summed E-state index contributed by atoms with van der Waals surface area (Å²) in [5.74, 6) is -1.18. The number of aromatic nitrogens is 1. The van der Waals surface area contributed by atoms with Crippen LogP contribution in [0, 0.1) is 6.92 Å². The molecule has 0 aliphatic heterocycles. The lowest BCUT2D eigenvalue weighted by atomic mass is 10.0. The van der Waals surface area contributed by atoms with Crippen molar-refractivity contribution in [3.63, 3.8) is 0 Å². The molecular weight excluding hydrogens is 206 g/mol. The summed E-state index contributed by atoms with van der Waals surface area (Å²) in [6.45, 7) is 1.66. The first-order chi connectivity index (χ1) is 7.54. The summed E-state index contributed by atoms with van der Waals surface area (Å²) >= 11 is 0. The molecule has 0 radical (unpaired) electrons. The highest BCUT2D eigenvalue weighted by molar-refractivity contribution is 5.95. The fraction of sp³-hybridized carbons (Fsp3) is 0.167. The van der Waals surface area contributed by atoms with Gasteiger partial charge in [-0.05, 0) is 18.6 Å². The van der Waals surface area contributed by atoms with Gasteiger partial charge in [0.25, 0.3) is 5.56 Å². The normalized spacial score (nSPS) is 10.6. The van der Waals surface area contributed by atoms with E-state index in [1.54, 1.807) is 20.0 Å². The summed E-state index contributed by atoms with van der Waals surface area (Å²) in [5.41, 5.74) is 0.645. The molecular formula is C12H11NO3. The molecule has 0 aliphatic carbocycles. The molecule has 1 aromatic heterocycles. The average molecular weight is 217 g/mol. The van der Waals surface area contributed by atoms with E-state index in [9.17, 15) is 9.59 Å². The number of carboxylic acids is 1. The van der Waals surface area contributed by atoms with Gasteiger partial charge < -0.3 is 9.67 Å². The summed E-state index contributed by atoms with van der Waals surface area (Å²) < 4.78 is 1.37. The van der Waals surface area contributed by atoms with E-state index in [1.165, 1.54) is 4.57 Å². The van der Waals surface area contributed by atoms with Gasteiger partial charge in [-0.25, -0.2) is 4.79 Å². The molecule has 0 aliphatic rings. The van der Waals surface area contributed by atoms with E-state index in [4.69, 9.17) is 5.11 Å². The number of pyridine rings is 1. The first-order valence-electron chi connectivity index (χ1n) is 4.85. The van der Waals surface area contributed by atoms with Gasteiger partial charge in [-0.1, -0.05) is 18.2 Å². The van der Waals surface area contributed by atoms with Crippen molar-refractivity contribution in [2.45, 2.75) is 6.92 Å². The molecule has 4 heteroatoms. The number of aryl methyl sites for hydroxylation is 2. The quantitative estimate of drug-likeness (QED) is 0.788. The van der Waals surface area contributed by atoms with Gasteiger partial charge in [-0.3, -0.25) is 4.79 Å². The van der Waals surface area contributed by atoms with Crippen LogP contribution in [0.5, 0.6) is 0 Å². The Morgan fingerprint density at radius 1 is 1.31 bits per heavy atom. The molecule has 82 valence electrons. The summed E-state index contributed by atoms with van der Waals surface area (Å²) in [5, 5.41) is 9.81. The van der Waals surface area contributed by atoms with Gasteiger partial charge in [-0.2, -0.15) is 0 Å². The summed E-state index contributed by atoms with van der Waals surface area (Å²) in [4.78, 5) is 22.9. The van der Waals surface area contributed by atoms with Crippen molar-refractivity contribution in [2.24, 2.45) is 7.05 Å². The zero-order chi connectivity index (χ0) is 11.9. The van der Waals surface area contributed by atoms with Crippen LogP contribution in [-0.2, 0) is 7.05 Å². The molecule has 0 fully saturated rings. The number of hydrogen-bond donors (Lipinski definition) is 1. The highest BCUT2D eigenvalue weighted by Gasteiger charge is 2.17. The molecule has 0 bridgehead atoms. The number of para-hydroxylation sites is 1. The van der Waals surface area contributed by atoms with E-state index in [0.717, 1.165) is 10.9 Å². The maximum absolute atomic E-state index is 11.8. The number of aromatic carboxylic acids is 1. The number of fused-ring (bicyclic) bond motifs is 1. The first-order valence-corrected chi connectivity index (χ1v) is 4.85. The van der Waals surface area contributed by atoms with Crippen LogP contribution in [0.3, 0.4) is 0 Å². The van der Waals surface area contributed by atoms with E-state index < -0.39 is 11.5 Å². The summed E-state index contributed by atoms with van der Waals surface area (Å²) in [7, 11) is 1.58. The first kappa shape index (κ1) is 10.4. The molecule has 2 aromatic rings. The van der Waals surface area contributed by atoms with Crippen LogP contribution in [0.2, 0.25) is 0 Å². The van der Waals surface area contributed by atoms with E-state index in [1.807, 2.05) is 18.2 Å². The Labute approximate surface area is 91.8 Å². The van der Waals surface area contributed by atoms with Gasteiger partial charge >= 0.3 is 5.97 Å². The highest BCUT2D eigenvalue weighted by Crippen LogP contribution is 2.18. The zero-order valence-electron chi connectivity index (χ0n) is 9.02. The predicted molar refractivity (Wildman–Crippen MR) is 60.9 cm³/mol. The topological polar surface area (TPSA) is 59.3 Å². The molecule has 0 amide bonds. The largest absolute Gasteiger partial charge is 0.477 e. The highest BCUT2D eigenvalue weighted by atomic mass is 16.4. The SMILES string of the molecule is Cc1c(C(=O)O)c(=O)n(C)c2ccccc12. The predicted octanol–water partition coefficient (Wildman–Crippen LogP) is 1.55. The number of hydrogen-bond acceptors (Lipinski definition) is 2. The van der Waals surface area contributed by atoms with Gasteiger partial charge in [0.1, 0.15) is 5.56 Å². The second-order valence-corrected chi connectivity index (χ2v) is 3.69. The Hall–Kier alpha value is -2.10. The number of benzene rings is 1. The van der Waals surface area contributed by atoms with Crippen molar-refractivity contribution in [1.29, 1.82) is 0 Å². The maximum atomic E-state index is 11.8. The van der Waals surface area contributed by atoms with Gasteiger partial charge in [-0.15, -0.1) is 0 Å². The number of nitrogens with zero attached hydrogens (tertiary/aromatic N) is 1. The van der Waals surface area contributed by atoms with Crippen molar-refractivity contribution in [1.82, 2.24) is 4.57 Å². The minimum atomic E-state index is -1.18. The van der Waals surface area contributed by atoms with Crippen LogP contribution in [0.25, 0.3) is 10.9 Å². The van der Waals surface area contributed by atoms with E-state index in [0.29, 0.717) is 5.56 Å². The van der Waals surface area contributed by atoms with E-state index in [-0.39, 0.29) is 5.56 Å². The van der Waals surface area contributed by atoms with E-state index in [2.05, 4.69) is 0 Å². The lowest BCUT2D eigenvalue weighted by molar-refractivity contribution is 0.0694. The van der Waals surface area contributed by atoms with Crippen LogP contribution < -0.4 is 5.56 Å². The van der Waals surface area contributed by atoms with Crippen LogP contribution >= 0.6 is 0 Å². The third kappa shape index (κ3) is 1.31. The minimum Gasteiger partial charge on any atom is -0.477 e. The Kier molecular flexibility index (Phi) is 2.27. The standard InChI is InChI=1S/C12H11NO3/c1-7-8-5-3-4-6-9(8)13(2)11(14)10(7)12(15)16/h3-6H,1-2H3,(H,15,16). The average Bonchev–Trinajstić information content (AvgIpc) is 2.26. The molecule has 16 heavy (non-hydrogen) atoms. The van der Waals surface area contributed by atoms with Crippen molar-refractivity contribution in [3.8, 4) is 0 Å². The fourth-order valence-corrected chi connectivity index (χ4v) is 1.91. The third-order valence-corrected chi connectivity index (χ3v) is 2.78. The molecule has 1 N–H and O–H groups in total. The van der Waals surface area contributed by atoms with Gasteiger partial charge in [0.2, 0.25) is 0 Å². The molecule has 1 heterocycles. The molecule has 0 unspecified atom stereocenters. The second kappa shape index (κ2) is 3.48. The molecule has 0 saturated carbocycles.